The summed E-state index contributed by atoms with van der Waals surface area (Å²) in [5, 5.41) is 10.5. The van der Waals surface area contributed by atoms with Gasteiger partial charge >= 0.3 is 0 Å². The summed E-state index contributed by atoms with van der Waals surface area (Å²) in [6.45, 7) is 2.60. The quantitative estimate of drug-likeness (QED) is 0.925. The van der Waals surface area contributed by atoms with E-state index in [9.17, 15) is 9.90 Å². The van der Waals surface area contributed by atoms with E-state index in [0.717, 1.165) is 5.69 Å². The van der Waals surface area contributed by atoms with E-state index in [0.29, 0.717) is 37.0 Å². The van der Waals surface area contributed by atoms with Gasteiger partial charge < -0.3 is 19.6 Å². The number of ether oxygens (including phenoxy) is 1. The molecule has 0 spiro atoms. The van der Waals surface area contributed by atoms with Gasteiger partial charge in [0.15, 0.2) is 6.61 Å². The molecule has 5 nitrogen and oxygen atoms in total. The highest BCUT2D eigenvalue weighted by Gasteiger charge is 2.22. The van der Waals surface area contributed by atoms with Gasteiger partial charge in [-0.3, -0.25) is 4.79 Å². The maximum atomic E-state index is 12.3. The van der Waals surface area contributed by atoms with E-state index in [1.165, 1.54) is 0 Å². The summed E-state index contributed by atoms with van der Waals surface area (Å²) in [5.41, 5.74) is 0.807. The molecule has 126 valence electrons. The van der Waals surface area contributed by atoms with Crippen molar-refractivity contribution < 1.29 is 14.6 Å². The van der Waals surface area contributed by atoms with E-state index in [1.54, 1.807) is 41.3 Å². The summed E-state index contributed by atoms with van der Waals surface area (Å²) in [7, 11) is 0. The topological polar surface area (TPSA) is 53.0 Å². The molecule has 0 aliphatic carbocycles. The zero-order valence-corrected chi connectivity index (χ0v) is 13.9. The van der Waals surface area contributed by atoms with E-state index >= 15 is 0 Å². The molecule has 1 aliphatic heterocycles. The normalized spacial score (nSPS) is 14.5. The van der Waals surface area contributed by atoms with Gasteiger partial charge in [0.25, 0.3) is 5.91 Å². The highest BCUT2D eigenvalue weighted by molar-refractivity contribution is 6.30. The number of aromatic hydroxyl groups is 1. The van der Waals surface area contributed by atoms with Gasteiger partial charge in [0.2, 0.25) is 0 Å². The smallest absolute Gasteiger partial charge is 0.260 e. The van der Waals surface area contributed by atoms with E-state index in [1.807, 2.05) is 12.1 Å². The van der Waals surface area contributed by atoms with Crippen LogP contribution >= 0.6 is 11.6 Å². The molecular formula is C18H19ClN2O3. The predicted molar refractivity (Wildman–Crippen MR) is 93.8 cm³/mol. The largest absolute Gasteiger partial charge is 0.506 e. The Hall–Kier alpha value is -2.40. The van der Waals surface area contributed by atoms with Crippen LogP contribution in [0.25, 0.3) is 0 Å². The number of hydrogen-bond donors (Lipinski definition) is 1. The fraction of sp³-hybridized carbons (Fsp3) is 0.278. The molecule has 1 heterocycles. The molecule has 1 saturated heterocycles. The van der Waals surface area contributed by atoms with E-state index < -0.39 is 0 Å². The Kier molecular flexibility index (Phi) is 5.11. The number of para-hydroxylation sites is 2. The van der Waals surface area contributed by atoms with Crippen molar-refractivity contribution in [1.82, 2.24) is 4.90 Å². The average molecular weight is 347 g/mol. The second-order valence-corrected chi connectivity index (χ2v) is 6.04. The molecule has 3 rings (SSSR count). The van der Waals surface area contributed by atoms with Gasteiger partial charge in [-0.2, -0.15) is 0 Å². The molecular weight excluding hydrogens is 328 g/mol. The second kappa shape index (κ2) is 7.45. The molecule has 0 atom stereocenters. The minimum atomic E-state index is -0.0399. The van der Waals surface area contributed by atoms with Gasteiger partial charge in [0.1, 0.15) is 11.5 Å². The standard InChI is InChI=1S/C18H19ClN2O3/c19-14-5-7-15(8-6-14)24-13-18(23)21-11-9-20(10-12-21)16-3-1-2-4-17(16)22/h1-8,22H,9-13H2. The van der Waals surface area contributed by atoms with Crippen molar-refractivity contribution in [3.63, 3.8) is 0 Å². The van der Waals surface area contributed by atoms with Crippen LogP contribution in [0.5, 0.6) is 11.5 Å². The molecule has 1 amide bonds. The minimum absolute atomic E-state index is 0.0121. The lowest BCUT2D eigenvalue weighted by molar-refractivity contribution is -0.133. The maximum absolute atomic E-state index is 12.3. The third-order valence-electron chi connectivity index (χ3n) is 4.03. The average Bonchev–Trinajstić information content (AvgIpc) is 2.61. The van der Waals surface area contributed by atoms with Crippen molar-refractivity contribution in [3.05, 3.63) is 53.6 Å². The zero-order valence-electron chi connectivity index (χ0n) is 13.2. The molecule has 2 aromatic rings. The molecule has 2 aromatic carbocycles. The number of phenols is 1. The number of rotatable bonds is 4. The van der Waals surface area contributed by atoms with E-state index in [-0.39, 0.29) is 18.3 Å². The molecule has 1 aliphatic rings. The van der Waals surface area contributed by atoms with Crippen LogP contribution in [0.15, 0.2) is 48.5 Å². The number of carbonyl (C=O) groups is 1. The number of phenolic OH excluding ortho intramolecular Hbond substituents is 1. The van der Waals surface area contributed by atoms with Gasteiger partial charge in [-0.1, -0.05) is 23.7 Å². The number of piperazine rings is 1. The van der Waals surface area contributed by atoms with Crippen LogP contribution in [0.3, 0.4) is 0 Å². The van der Waals surface area contributed by atoms with Gasteiger partial charge in [0.05, 0.1) is 5.69 Å². The molecule has 0 saturated carbocycles. The van der Waals surface area contributed by atoms with Crippen LogP contribution in [0.2, 0.25) is 5.02 Å². The Labute approximate surface area is 146 Å². The van der Waals surface area contributed by atoms with Crippen LogP contribution < -0.4 is 9.64 Å². The van der Waals surface area contributed by atoms with Crippen molar-refractivity contribution in [3.8, 4) is 11.5 Å². The summed E-state index contributed by atoms with van der Waals surface area (Å²) in [5.74, 6) is 0.853. The van der Waals surface area contributed by atoms with Crippen LogP contribution in [-0.2, 0) is 4.79 Å². The zero-order chi connectivity index (χ0) is 16.9. The lowest BCUT2D eigenvalue weighted by Crippen LogP contribution is -2.50. The molecule has 1 fully saturated rings. The Morgan fingerprint density at radius 2 is 1.71 bits per heavy atom. The van der Waals surface area contributed by atoms with Crippen molar-refractivity contribution in [1.29, 1.82) is 0 Å². The van der Waals surface area contributed by atoms with Gasteiger partial charge in [-0.05, 0) is 36.4 Å². The molecule has 0 bridgehead atoms. The van der Waals surface area contributed by atoms with E-state index in [2.05, 4.69) is 4.90 Å². The van der Waals surface area contributed by atoms with Crippen molar-refractivity contribution in [2.45, 2.75) is 0 Å². The van der Waals surface area contributed by atoms with Crippen LogP contribution in [0.1, 0.15) is 0 Å². The van der Waals surface area contributed by atoms with Crippen molar-refractivity contribution in [2.24, 2.45) is 0 Å². The fourth-order valence-electron chi connectivity index (χ4n) is 2.70. The lowest BCUT2D eigenvalue weighted by atomic mass is 10.2. The van der Waals surface area contributed by atoms with Crippen molar-refractivity contribution in [2.75, 3.05) is 37.7 Å². The molecule has 0 radical (unpaired) electrons. The number of halogens is 1. The first-order valence-electron chi connectivity index (χ1n) is 7.82. The van der Waals surface area contributed by atoms with Crippen LogP contribution in [-0.4, -0.2) is 48.7 Å². The molecule has 6 heteroatoms. The number of anilines is 1. The van der Waals surface area contributed by atoms with Gasteiger partial charge in [-0.25, -0.2) is 0 Å². The number of benzene rings is 2. The molecule has 0 unspecified atom stereocenters. The lowest BCUT2D eigenvalue weighted by Gasteiger charge is -2.36. The molecule has 1 N–H and O–H groups in total. The number of hydrogen-bond acceptors (Lipinski definition) is 4. The Morgan fingerprint density at radius 1 is 1.04 bits per heavy atom. The number of amides is 1. The molecule has 24 heavy (non-hydrogen) atoms. The Balaban J connectivity index is 1.50. The summed E-state index contributed by atoms with van der Waals surface area (Å²) in [4.78, 5) is 16.1. The monoisotopic (exact) mass is 346 g/mol. The number of nitrogens with zero attached hydrogens (tertiary/aromatic N) is 2. The van der Waals surface area contributed by atoms with Crippen LogP contribution in [0.4, 0.5) is 5.69 Å². The minimum Gasteiger partial charge on any atom is -0.506 e. The summed E-state index contributed by atoms with van der Waals surface area (Å²) in [6, 6.07) is 14.2. The van der Waals surface area contributed by atoms with Crippen LogP contribution in [0, 0.1) is 0 Å². The SMILES string of the molecule is O=C(COc1ccc(Cl)cc1)N1CCN(c2ccccc2O)CC1. The first-order valence-corrected chi connectivity index (χ1v) is 8.20. The Morgan fingerprint density at radius 3 is 2.38 bits per heavy atom. The van der Waals surface area contributed by atoms with Gasteiger partial charge in [0, 0.05) is 31.2 Å². The maximum Gasteiger partial charge on any atom is 0.260 e. The molecule has 0 aromatic heterocycles. The second-order valence-electron chi connectivity index (χ2n) is 5.60. The summed E-state index contributed by atoms with van der Waals surface area (Å²) >= 11 is 5.82. The highest BCUT2D eigenvalue weighted by Crippen LogP contribution is 2.27. The first-order chi connectivity index (χ1) is 11.6. The van der Waals surface area contributed by atoms with Crippen molar-refractivity contribution >= 4 is 23.2 Å². The first kappa shape index (κ1) is 16.5. The predicted octanol–water partition coefficient (Wildman–Crippen LogP) is 2.77. The summed E-state index contributed by atoms with van der Waals surface area (Å²) < 4.78 is 5.50. The third-order valence-corrected chi connectivity index (χ3v) is 4.28. The summed E-state index contributed by atoms with van der Waals surface area (Å²) in [6.07, 6.45) is 0. The van der Waals surface area contributed by atoms with Gasteiger partial charge in [-0.15, -0.1) is 0 Å². The fourth-order valence-corrected chi connectivity index (χ4v) is 2.82. The van der Waals surface area contributed by atoms with E-state index in [4.69, 9.17) is 16.3 Å². The Bertz CT molecular complexity index is 698. The third kappa shape index (κ3) is 3.92. The number of carbonyl (C=O) groups excluding carboxylic acids is 1. The highest BCUT2D eigenvalue weighted by atomic mass is 35.5.